The van der Waals surface area contributed by atoms with Crippen LogP contribution in [0, 0.1) is 17.7 Å². The molecular weight excluding hydrogens is 518 g/mol. The van der Waals surface area contributed by atoms with Crippen LogP contribution in [0.4, 0.5) is 17.6 Å². The van der Waals surface area contributed by atoms with Crippen molar-refractivity contribution >= 4 is 23.2 Å². The fourth-order valence-electron chi connectivity index (χ4n) is 5.81. The number of hydrogen-bond donors (Lipinski definition) is 6. The minimum Gasteiger partial charge on any atom is -0.508 e. The van der Waals surface area contributed by atoms with Crippen LogP contribution in [-0.4, -0.2) is 81.3 Å². The second kappa shape index (κ2) is 9.06. The molecule has 1 saturated carbocycles. The molecule has 4 atom stereocenters. The van der Waals surface area contributed by atoms with Gasteiger partial charge in [-0.05, 0) is 38.9 Å². The van der Waals surface area contributed by atoms with Gasteiger partial charge >= 0.3 is 6.18 Å². The number of nitrogens with one attached hydrogen (secondary N) is 1. The van der Waals surface area contributed by atoms with Crippen LogP contribution in [0.15, 0.2) is 23.0 Å². The number of carbonyl (C=O) groups is 3. The summed E-state index contributed by atoms with van der Waals surface area (Å²) in [5, 5.41) is 45.8. The van der Waals surface area contributed by atoms with E-state index in [2.05, 4.69) is 0 Å². The number of fused-ring (bicyclic) bond motifs is 3. The van der Waals surface area contributed by atoms with Gasteiger partial charge in [0.2, 0.25) is 5.78 Å². The minimum absolute atomic E-state index is 0.248. The Morgan fingerprint density at radius 2 is 1.87 bits per heavy atom. The number of aliphatic hydroxyl groups is 3. The number of aliphatic hydroxyl groups excluding tert-OH is 2. The van der Waals surface area contributed by atoms with Gasteiger partial charge < -0.3 is 31.5 Å². The zero-order valence-electron chi connectivity index (χ0n) is 20.2. The third-order valence-corrected chi connectivity index (χ3v) is 7.37. The molecule has 0 aliphatic heterocycles. The molecule has 0 bridgehead atoms. The normalized spacial score (nSPS) is 27.4. The zero-order valence-corrected chi connectivity index (χ0v) is 20.2. The molecule has 0 heterocycles. The van der Waals surface area contributed by atoms with Gasteiger partial charge in [-0.1, -0.05) is 0 Å². The molecule has 14 heteroatoms. The highest BCUT2D eigenvalue weighted by Crippen LogP contribution is 2.53. The van der Waals surface area contributed by atoms with Crippen LogP contribution in [0.5, 0.6) is 5.75 Å². The molecule has 3 aliphatic carbocycles. The summed E-state index contributed by atoms with van der Waals surface area (Å²) in [6, 6.07) is -0.493. The Hall–Kier alpha value is -3.49. The number of primary amides is 1. The first-order valence-corrected chi connectivity index (χ1v) is 11.5. The molecule has 0 aromatic heterocycles. The number of halogens is 4. The van der Waals surface area contributed by atoms with E-state index in [-0.39, 0.29) is 24.0 Å². The van der Waals surface area contributed by atoms with Crippen molar-refractivity contribution in [3.8, 4) is 5.75 Å². The zero-order chi connectivity index (χ0) is 28.5. The fraction of sp³-hybridized carbons (Fsp3) is 0.458. The first-order chi connectivity index (χ1) is 17.5. The van der Waals surface area contributed by atoms with Crippen molar-refractivity contribution in [2.24, 2.45) is 17.6 Å². The largest absolute Gasteiger partial charge is 0.508 e. The van der Waals surface area contributed by atoms with Gasteiger partial charge in [0.05, 0.1) is 18.2 Å². The standard InChI is InChI=1S/C24H25F4N3O7/c1-31(2)17-11-4-8-3-10-14(12(32)5-9(16(10)25)6-30-7-23(26,27)28)18(33)13(8)20(35)24(11,38)21(36)15(19(17)34)22(29)37/h5,8,11,17,30,32-33,36,38H,3-4,6-7H2,1-2H3,(H2,29,37)/t8-,11-,17-,24-/m0/s1. The van der Waals surface area contributed by atoms with Gasteiger partial charge in [-0.25, -0.2) is 4.39 Å². The van der Waals surface area contributed by atoms with E-state index in [0.29, 0.717) is 0 Å². The number of carbonyl (C=O) groups excluding carboxylic acids is 3. The Morgan fingerprint density at radius 3 is 2.42 bits per heavy atom. The van der Waals surface area contributed by atoms with Crippen LogP contribution in [0.25, 0.3) is 5.76 Å². The molecule has 1 aromatic rings. The molecule has 1 aromatic carbocycles. The average Bonchev–Trinajstić information content (AvgIpc) is 2.78. The fourth-order valence-corrected chi connectivity index (χ4v) is 5.81. The van der Waals surface area contributed by atoms with E-state index in [9.17, 15) is 48.0 Å². The molecule has 10 nitrogen and oxygen atoms in total. The molecule has 7 N–H and O–H groups in total. The summed E-state index contributed by atoms with van der Waals surface area (Å²) < 4.78 is 52.9. The number of Topliss-reactive ketones (excluding diaryl/α,β-unsaturated/α-hetero) is 2. The second-order valence-corrected chi connectivity index (χ2v) is 9.90. The Kier molecular flexibility index (Phi) is 6.57. The van der Waals surface area contributed by atoms with Crippen LogP contribution >= 0.6 is 0 Å². The highest BCUT2D eigenvalue weighted by atomic mass is 19.4. The van der Waals surface area contributed by atoms with Crippen LogP contribution in [0.3, 0.4) is 0 Å². The molecule has 0 saturated heterocycles. The number of ketones is 2. The number of nitrogens with two attached hydrogens (primary N) is 1. The van der Waals surface area contributed by atoms with E-state index in [1.165, 1.54) is 19.0 Å². The maximum Gasteiger partial charge on any atom is 0.401 e. The van der Waals surface area contributed by atoms with E-state index in [1.54, 1.807) is 0 Å². The van der Waals surface area contributed by atoms with E-state index >= 15 is 4.39 Å². The van der Waals surface area contributed by atoms with E-state index in [1.807, 2.05) is 5.32 Å². The molecule has 0 spiro atoms. The van der Waals surface area contributed by atoms with Crippen molar-refractivity contribution in [2.45, 2.75) is 37.2 Å². The smallest absolute Gasteiger partial charge is 0.401 e. The lowest BCUT2D eigenvalue weighted by Gasteiger charge is -2.50. The van der Waals surface area contributed by atoms with Crippen molar-refractivity contribution in [2.75, 3.05) is 20.6 Å². The lowest BCUT2D eigenvalue weighted by atomic mass is 9.57. The van der Waals surface area contributed by atoms with Gasteiger partial charge in [-0.2, -0.15) is 13.2 Å². The summed E-state index contributed by atoms with van der Waals surface area (Å²) >= 11 is 0. The number of alkyl halides is 3. The number of nitrogens with zero attached hydrogens (tertiary/aromatic N) is 1. The number of phenols is 1. The molecule has 0 unspecified atom stereocenters. The second-order valence-electron chi connectivity index (χ2n) is 9.90. The summed E-state index contributed by atoms with van der Waals surface area (Å²) in [6.07, 6.45) is -5.12. The SMILES string of the molecule is CN(C)[C@@H]1C(=O)C(C(N)=O)=C(O)[C@@]2(O)C(=O)C3=C(O)c4c(O)cc(CNCC(F)(F)F)c(F)c4C[C@H]3C[C@@H]12. The third kappa shape index (κ3) is 4.03. The maximum atomic E-state index is 15.4. The Labute approximate surface area is 213 Å². The minimum atomic E-state index is -4.56. The Morgan fingerprint density at radius 1 is 1.24 bits per heavy atom. The topological polar surface area (TPSA) is 173 Å². The molecule has 1 fully saturated rings. The molecule has 206 valence electrons. The molecule has 1 amide bonds. The lowest BCUT2D eigenvalue weighted by Crippen LogP contribution is -2.65. The quantitative estimate of drug-likeness (QED) is 0.231. The number of likely N-dealkylation sites (N-methyl/N-ethyl adjacent to an activating group) is 1. The number of benzene rings is 1. The van der Waals surface area contributed by atoms with E-state index < -0.39 is 100 Å². The van der Waals surface area contributed by atoms with Crippen LogP contribution in [0.2, 0.25) is 0 Å². The Bertz CT molecular complexity index is 1320. The van der Waals surface area contributed by atoms with Crippen LogP contribution in [0.1, 0.15) is 23.1 Å². The average molecular weight is 543 g/mol. The van der Waals surface area contributed by atoms with Crippen molar-refractivity contribution in [1.29, 1.82) is 0 Å². The van der Waals surface area contributed by atoms with Gasteiger partial charge in [0, 0.05) is 29.2 Å². The first-order valence-electron chi connectivity index (χ1n) is 11.5. The summed E-state index contributed by atoms with van der Waals surface area (Å²) in [7, 11) is 2.87. The summed E-state index contributed by atoms with van der Waals surface area (Å²) in [6.45, 7) is -2.01. The molecule has 38 heavy (non-hydrogen) atoms. The van der Waals surface area contributed by atoms with E-state index in [0.717, 1.165) is 6.07 Å². The van der Waals surface area contributed by atoms with Crippen molar-refractivity contribution in [1.82, 2.24) is 10.2 Å². The van der Waals surface area contributed by atoms with Gasteiger partial charge in [0.1, 0.15) is 28.7 Å². The van der Waals surface area contributed by atoms with Crippen LogP contribution in [-0.2, 0) is 27.3 Å². The number of amides is 1. The van der Waals surface area contributed by atoms with Crippen LogP contribution < -0.4 is 11.1 Å². The first kappa shape index (κ1) is 27.5. The maximum absolute atomic E-state index is 15.4. The third-order valence-electron chi connectivity index (χ3n) is 7.37. The number of aromatic hydroxyl groups is 1. The van der Waals surface area contributed by atoms with Gasteiger partial charge in [-0.3, -0.25) is 19.3 Å². The van der Waals surface area contributed by atoms with Crippen molar-refractivity contribution in [3.05, 3.63) is 45.5 Å². The van der Waals surface area contributed by atoms with E-state index in [4.69, 9.17) is 5.73 Å². The monoisotopic (exact) mass is 543 g/mol. The lowest BCUT2D eigenvalue weighted by molar-refractivity contribution is -0.153. The number of rotatable bonds is 5. The highest BCUT2D eigenvalue weighted by Gasteiger charge is 2.64. The predicted octanol–water partition coefficient (Wildman–Crippen LogP) is 0.755. The van der Waals surface area contributed by atoms with Crippen molar-refractivity contribution < 1.29 is 52.4 Å². The molecule has 3 aliphatic rings. The predicted molar refractivity (Wildman–Crippen MR) is 122 cm³/mol. The molecule has 4 rings (SSSR count). The van der Waals surface area contributed by atoms with Crippen molar-refractivity contribution in [3.63, 3.8) is 0 Å². The highest BCUT2D eigenvalue weighted by molar-refractivity contribution is 6.24. The summed E-state index contributed by atoms with van der Waals surface area (Å²) in [5.41, 5.74) is -0.0777. The van der Waals surface area contributed by atoms with Gasteiger partial charge in [0.15, 0.2) is 11.4 Å². The molecular formula is C24H25F4N3O7. The molecule has 0 radical (unpaired) electrons. The van der Waals surface area contributed by atoms with Gasteiger partial charge in [-0.15, -0.1) is 0 Å². The number of hydrogen-bond acceptors (Lipinski definition) is 9. The Balaban J connectivity index is 1.85. The summed E-state index contributed by atoms with van der Waals surface area (Å²) in [5.74, 6) is -9.79. The number of phenolic OH excluding ortho intramolecular Hbond substituents is 1. The summed E-state index contributed by atoms with van der Waals surface area (Å²) in [4.78, 5) is 40.0. The van der Waals surface area contributed by atoms with Gasteiger partial charge in [0.25, 0.3) is 5.91 Å².